The van der Waals surface area contributed by atoms with Crippen LogP contribution in [0.25, 0.3) is 0 Å². The van der Waals surface area contributed by atoms with Crippen molar-refractivity contribution in [1.29, 1.82) is 0 Å². The van der Waals surface area contributed by atoms with E-state index in [0.717, 1.165) is 5.56 Å². The number of nitrogens with zero attached hydrogens (tertiary/aromatic N) is 2. The molecule has 0 amide bonds. The summed E-state index contributed by atoms with van der Waals surface area (Å²) in [6.45, 7) is 4.03. The highest BCUT2D eigenvalue weighted by Crippen LogP contribution is 2.51. The van der Waals surface area contributed by atoms with Gasteiger partial charge < -0.3 is 9.26 Å². The van der Waals surface area contributed by atoms with Gasteiger partial charge in [0.2, 0.25) is 0 Å². The molecule has 1 rings (SSSR count). The lowest BCUT2D eigenvalue weighted by atomic mass is 10.1. The van der Waals surface area contributed by atoms with Crippen LogP contribution >= 0.6 is 7.67 Å². The molecule has 6 nitrogen and oxygen atoms in total. The molecule has 0 bridgehead atoms. The Kier molecular flexibility index (Phi) is 6.60. The first kappa shape index (κ1) is 18.7. The number of hydrogen-bond donors (Lipinski definition) is 0. The van der Waals surface area contributed by atoms with Crippen LogP contribution in [0, 0.1) is 0 Å². The van der Waals surface area contributed by atoms with E-state index in [2.05, 4.69) is 0 Å². The maximum Gasteiger partial charge on any atom is 0.394 e. The Balaban J connectivity index is 3.24. The molecule has 0 aliphatic heterocycles. The minimum atomic E-state index is -3.18. The first-order valence-electron chi connectivity index (χ1n) is 7.21. The molecule has 0 fully saturated rings. The molecule has 0 radical (unpaired) electrons. The fourth-order valence-electron chi connectivity index (χ4n) is 1.92. The predicted molar refractivity (Wildman–Crippen MR) is 87.4 cm³/mol. The third-order valence-electron chi connectivity index (χ3n) is 3.19. The smallest absolute Gasteiger partial charge is 0.394 e. The van der Waals surface area contributed by atoms with Crippen molar-refractivity contribution in [1.82, 2.24) is 9.34 Å². The number of esters is 1. The van der Waals surface area contributed by atoms with Crippen LogP contribution in [0.3, 0.4) is 0 Å². The van der Waals surface area contributed by atoms with Crippen molar-refractivity contribution >= 4 is 13.6 Å². The second-order valence-corrected chi connectivity index (χ2v) is 7.94. The van der Waals surface area contributed by atoms with Gasteiger partial charge in [-0.05, 0) is 59.2 Å². The number of rotatable bonds is 7. The first-order valence-corrected chi connectivity index (χ1v) is 8.74. The van der Waals surface area contributed by atoms with E-state index in [1.165, 1.54) is 0 Å². The van der Waals surface area contributed by atoms with Gasteiger partial charge in [0.25, 0.3) is 0 Å². The normalized spacial score (nSPS) is 11.8. The molecule has 7 heteroatoms. The lowest BCUT2D eigenvalue weighted by Gasteiger charge is -2.30. The fraction of sp³-hybridized carbons (Fsp3) is 0.533. The van der Waals surface area contributed by atoms with Gasteiger partial charge in [-0.15, -0.1) is 0 Å². The quantitative estimate of drug-likeness (QED) is 0.566. The van der Waals surface area contributed by atoms with Crippen LogP contribution in [0.15, 0.2) is 18.2 Å². The minimum Gasteiger partial charge on any atom is -0.462 e. The molecule has 0 aliphatic carbocycles. The second-order valence-electron chi connectivity index (χ2n) is 5.17. The van der Waals surface area contributed by atoms with E-state index in [0.29, 0.717) is 24.3 Å². The maximum absolute atomic E-state index is 13.0. The van der Waals surface area contributed by atoms with Gasteiger partial charge in [0, 0.05) is 0 Å². The molecule has 1 aromatic carbocycles. The molecule has 0 spiro atoms. The highest BCUT2D eigenvalue weighted by atomic mass is 31.2. The van der Waals surface area contributed by atoms with Crippen LogP contribution in [0.1, 0.15) is 29.8 Å². The van der Waals surface area contributed by atoms with Crippen molar-refractivity contribution in [2.45, 2.75) is 20.3 Å². The van der Waals surface area contributed by atoms with Crippen molar-refractivity contribution < 1.29 is 18.6 Å². The molecular weight excluding hydrogens is 303 g/mol. The van der Waals surface area contributed by atoms with Gasteiger partial charge in [-0.3, -0.25) is 0 Å². The van der Waals surface area contributed by atoms with Crippen molar-refractivity contribution in [3.8, 4) is 5.75 Å². The summed E-state index contributed by atoms with van der Waals surface area (Å²) in [6, 6.07) is 5.09. The van der Waals surface area contributed by atoms with Gasteiger partial charge in [0.15, 0.2) is 0 Å². The van der Waals surface area contributed by atoms with Gasteiger partial charge in [0.05, 0.1) is 12.2 Å². The molecule has 0 N–H and O–H groups in total. The van der Waals surface area contributed by atoms with Crippen LogP contribution in [0.2, 0.25) is 0 Å². The van der Waals surface area contributed by atoms with Gasteiger partial charge in [-0.2, -0.15) is 0 Å². The third-order valence-corrected chi connectivity index (χ3v) is 5.64. The highest BCUT2D eigenvalue weighted by Gasteiger charge is 2.32. The molecule has 0 saturated carbocycles. The lowest BCUT2D eigenvalue weighted by molar-refractivity contribution is 0.0526. The molecule has 0 unspecified atom stereocenters. The molecule has 0 aliphatic rings. The zero-order chi connectivity index (χ0) is 16.9. The zero-order valence-electron chi connectivity index (χ0n) is 14.1. The number of hydrogen-bond acceptors (Lipinski definition) is 4. The Morgan fingerprint density at radius 2 is 1.73 bits per heavy atom. The van der Waals surface area contributed by atoms with Crippen molar-refractivity contribution in [3.05, 3.63) is 29.3 Å². The van der Waals surface area contributed by atoms with Crippen molar-refractivity contribution in [2.75, 3.05) is 34.8 Å². The Morgan fingerprint density at radius 1 is 1.14 bits per heavy atom. The number of carbonyl (C=O) groups is 1. The molecule has 0 atom stereocenters. The maximum atomic E-state index is 13.0. The summed E-state index contributed by atoms with van der Waals surface area (Å²) in [5, 5.41) is 0. The van der Waals surface area contributed by atoms with E-state index in [-0.39, 0.29) is 0 Å². The summed E-state index contributed by atoms with van der Waals surface area (Å²) in [5.41, 5.74) is 1.27. The summed E-state index contributed by atoms with van der Waals surface area (Å²) < 4.78 is 26.9. The molecular formula is C15H25N2O4P. The number of benzene rings is 1. The van der Waals surface area contributed by atoms with Gasteiger partial charge in [-0.25, -0.2) is 18.7 Å². The lowest BCUT2D eigenvalue weighted by Crippen LogP contribution is -2.24. The molecule has 1 aromatic rings. The summed E-state index contributed by atoms with van der Waals surface area (Å²) in [5.74, 6) is 0.0262. The molecule has 124 valence electrons. The van der Waals surface area contributed by atoms with E-state index < -0.39 is 13.6 Å². The Bertz CT molecular complexity index is 561. The van der Waals surface area contributed by atoms with Crippen LogP contribution in [0.5, 0.6) is 5.75 Å². The average molecular weight is 328 g/mol. The van der Waals surface area contributed by atoms with Gasteiger partial charge in [-0.1, -0.05) is 13.0 Å². The third kappa shape index (κ3) is 4.09. The topological polar surface area (TPSA) is 59.1 Å². The van der Waals surface area contributed by atoms with E-state index in [1.54, 1.807) is 62.7 Å². The van der Waals surface area contributed by atoms with Crippen molar-refractivity contribution in [3.63, 3.8) is 0 Å². The Morgan fingerprint density at radius 3 is 2.18 bits per heavy atom. The number of aryl methyl sites for hydroxylation is 1. The fourth-order valence-corrected chi connectivity index (χ4v) is 3.39. The van der Waals surface area contributed by atoms with E-state index in [4.69, 9.17) is 9.26 Å². The second kappa shape index (κ2) is 7.77. The molecule has 0 heterocycles. The van der Waals surface area contributed by atoms with Gasteiger partial charge in [0.1, 0.15) is 5.75 Å². The van der Waals surface area contributed by atoms with Crippen LogP contribution in [0.4, 0.5) is 0 Å². The summed E-state index contributed by atoms with van der Waals surface area (Å²) in [4.78, 5) is 11.9. The molecule has 22 heavy (non-hydrogen) atoms. The van der Waals surface area contributed by atoms with Crippen molar-refractivity contribution in [2.24, 2.45) is 0 Å². The molecule has 0 saturated heterocycles. The Labute approximate surface area is 132 Å². The highest BCUT2D eigenvalue weighted by molar-refractivity contribution is 7.54. The van der Waals surface area contributed by atoms with Gasteiger partial charge >= 0.3 is 13.6 Å². The standard InChI is InChI=1S/C15H25N2O4P/c1-7-12-9-10-13(15(18)20-8-2)11-14(12)21-22(19,16(3)4)17(5)6/h9-11H,7-8H2,1-6H3. The summed E-state index contributed by atoms with van der Waals surface area (Å²) in [7, 11) is 3.61. The summed E-state index contributed by atoms with van der Waals surface area (Å²) >= 11 is 0. The van der Waals surface area contributed by atoms with Crippen LogP contribution in [-0.2, 0) is 15.7 Å². The minimum absolute atomic E-state index is 0.304. The zero-order valence-corrected chi connectivity index (χ0v) is 15.0. The van der Waals surface area contributed by atoms with Crippen LogP contribution in [-0.4, -0.2) is 50.1 Å². The monoisotopic (exact) mass is 328 g/mol. The molecule has 0 aromatic heterocycles. The Hall–Kier alpha value is -1.36. The van der Waals surface area contributed by atoms with E-state index in [9.17, 15) is 9.36 Å². The SMILES string of the molecule is CCOC(=O)c1ccc(CC)c(OP(=O)(N(C)C)N(C)C)c1. The summed E-state index contributed by atoms with van der Waals surface area (Å²) in [6.07, 6.45) is 0.708. The first-order chi connectivity index (χ1) is 10.3. The average Bonchev–Trinajstić information content (AvgIpc) is 2.46. The number of ether oxygens (including phenoxy) is 1. The van der Waals surface area contributed by atoms with Crippen LogP contribution < -0.4 is 4.52 Å². The van der Waals surface area contributed by atoms with E-state index in [1.807, 2.05) is 6.92 Å². The largest absolute Gasteiger partial charge is 0.462 e. The van der Waals surface area contributed by atoms with E-state index >= 15 is 0 Å². The number of carbonyl (C=O) groups excluding carboxylic acids is 1. The predicted octanol–water partition coefficient (Wildman–Crippen LogP) is 3.04.